The van der Waals surface area contributed by atoms with E-state index in [0.29, 0.717) is 29.9 Å². The van der Waals surface area contributed by atoms with E-state index in [1.165, 1.54) is 0 Å². The molecule has 31 heavy (non-hydrogen) atoms. The summed E-state index contributed by atoms with van der Waals surface area (Å²) in [4.78, 5) is 17.4. The predicted octanol–water partition coefficient (Wildman–Crippen LogP) is 1.72. The summed E-state index contributed by atoms with van der Waals surface area (Å²) in [6.07, 6.45) is 7.56. The van der Waals surface area contributed by atoms with Gasteiger partial charge in [-0.25, -0.2) is 13.4 Å². The zero-order chi connectivity index (χ0) is 21.8. The Kier molecular flexibility index (Phi) is 5.10. The van der Waals surface area contributed by atoms with Gasteiger partial charge in [-0.15, -0.1) is 0 Å². The molecule has 6 rings (SSSR count). The third kappa shape index (κ3) is 4.23. The number of sulfone groups is 1. The predicted molar refractivity (Wildman–Crippen MR) is 115 cm³/mol. The first kappa shape index (κ1) is 20.9. The van der Waals surface area contributed by atoms with Gasteiger partial charge >= 0.3 is 0 Å². The highest BCUT2D eigenvalue weighted by Crippen LogP contribution is 2.55. The molecule has 1 aromatic carbocycles. The fourth-order valence-corrected chi connectivity index (χ4v) is 6.63. The van der Waals surface area contributed by atoms with Crippen LogP contribution in [0.3, 0.4) is 0 Å². The zero-order valence-corrected chi connectivity index (χ0v) is 18.5. The third-order valence-corrected chi connectivity index (χ3v) is 7.79. The van der Waals surface area contributed by atoms with E-state index in [2.05, 4.69) is 10.3 Å². The minimum Gasteiger partial charge on any atom is -0.390 e. The van der Waals surface area contributed by atoms with E-state index < -0.39 is 15.4 Å². The molecule has 9 heteroatoms. The van der Waals surface area contributed by atoms with E-state index in [0.717, 1.165) is 49.4 Å². The molecule has 1 amide bonds. The summed E-state index contributed by atoms with van der Waals surface area (Å²) >= 11 is 0. The Morgan fingerprint density at radius 3 is 2.71 bits per heavy atom. The number of imidazole rings is 1. The molecule has 0 aliphatic heterocycles. The lowest BCUT2D eigenvalue weighted by molar-refractivity contribution is -0.136. The Bertz CT molecular complexity index is 1100. The first-order valence-electron chi connectivity index (χ1n) is 10.9. The van der Waals surface area contributed by atoms with Crippen LogP contribution in [-0.2, 0) is 21.1 Å². The number of benzene rings is 1. The van der Waals surface area contributed by atoms with Crippen LogP contribution in [0.2, 0.25) is 0 Å². The van der Waals surface area contributed by atoms with Crippen molar-refractivity contribution in [1.29, 1.82) is 0 Å². The number of rotatable bonds is 7. The maximum atomic E-state index is 13.0. The maximum absolute atomic E-state index is 13.0. The molecule has 4 fully saturated rings. The van der Waals surface area contributed by atoms with Gasteiger partial charge in [0.2, 0.25) is 0 Å². The Labute approximate surface area is 181 Å². The number of hydrogen-bond acceptors (Lipinski definition) is 6. The number of ether oxygens (including phenoxy) is 1. The molecule has 1 heterocycles. The molecule has 1 aromatic heterocycles. The Balaban J connectivity index is 1.24. The van der Waals surface area contributed by atoms with Gasteiger partial charge in [0.1, 0.15) is 5.94 Å². The normalized spacial score (nSPS) is 31.9. The van der Waals surface area contributed by atoms with E-state index >= 15 is 0 Å². The van der Waals surface area contributed by atoms with Gasteiger partial charge in [0.05, 0.1) is 29.6 Å². The van der Waals surface area contributed by atoms with Gasteiger partial charge < -0.3 is 19.7 Å². The molecule has 0 spiro atoms. The van der Waals surface area contributed by atoms with Crippen LogP contribution in [0.15, 0.2) is 24.5 Å². The van der Waals surface area contributed by atoms with Crippen LogP contribution >= 0.6 is 0 Å². The van der Waals surface area contributed by atoms with Crippen molar-refractivity contribution < 1.29 is 23.1 Å². The standard InChI is InChI=1S/C22H29N3O5S/c1-31(28,29)13-30-5-4-25-12-23-18-8-15(2-3-19(18)25)21(26)24-20-16-6-14-7-17(20)11-22(27,9-14)10-16/h2-3,8,12,14,16-17,20,27H,4-7,9-11,13H2,1H3,(H,24,26). The van der Waals surface area contributed by atoms with Crippen LogP contribution in [0.4, 0.5) is 0 Å². The number of nitrogens with zero attached hydrogens (tertiary/aromatic N) is 2. The molecule has 2 unspecified atom stereocenters. The van der Waals surface area contributed by atoms with E-state index in [4.69, 9.17) is 4.74 Å². The second-order valence-electron chi connectivity index (χ2n) is 9.79. The molecule has 4 saturated carbocycles. The van der Waals surface area contributed by atoms with Gasteiger partial charge in [-0.1, -0.05) is 0 Å². The number of aliphatic hydroxyl groups is 1. The number of carbonyl (C=O) groups is 1. The average Bonchev–Trinajstić information content (AvgIpc) is 3.08. The van der Waals surface area contributed by atoms with Crippen LogP contribution in [0.25, 0.3) is 11.0 Å². The molecule has 4 aliphatic carbocycles. The summed E-state index contributed by atoms with van der Waals surface area (Å²) in [5.74, 6) is 0.963. The van der Waals surface area contributed by atoms with Crippen LogP contribution < -0.4 is 5.32 Å². The minimum atomic E-state index is -3.15. The topological polar surface area (TPSA) is 111 Å². The number of carbonyl (C=O) groups excluding carboxylic acids is 1. The summed E-state index contributed by atoms with van der Waals surface area (Å²) in [5, 5.41) is 14.0. The Hall–Kier alpha value is -1.97. The summed E-state index contributed by atoms with van der Waals surface area (Å²) in [6, 6.07) is 5.61. The number of amides is 1. The van der Waals surface area contributed by atoms with Crippen molar-refractivity contribution >= 4 is 26.8 Å². The second kappa shape index (κ2) is 7.56. The van der Waals surface area contributed by atoms with Crippen LogP contribution in [0.5, 0.6) is 0 Å². The van der Waals surface area contributed by atoms with Crippen molar-refractivity contribution in [2.24, 2.45) is 17.8 Å². The molecule has 2 N–H and O–H groups in total. The van der Waals surface area contributed by atoms with Crippen LogP contribution in [-0.4, -0.2) is 59.4 Å². The molecular formula is C22H29N3O5S. The first-order valence-corrected chi connectivity index (χ1v) is 13.0. The van der Waals surface area contributed by atoms with Gasteiger partial charge in [0.25, 0.3) is 5.91 Å². The van der Waals surface area contributed by atoms with Gasteiger partial charge in [-0.2, -0.15) is 0 Å². The molecule has 0 saturated heterocycles. The largest absolute Gasteiger partial charge is 0.390 e. The molecule has 4 aliphatic rings. The SMILES string of the molecule is CS(=O)(=O)COCCn1cnc2cc(C(=O)NC3C4CC5CC3CC(O)(C5)C4)ccc21. The Morgan fingerprint density at radius 2 is 2.03 bits per heavy atom. The molecular weight excluding hydrogens is 418 g/mol. The van der Waals surface area contributed by atoms with Crippen molar-refractivity contribution in [2.75, 3.05) is 18.8 Å². The summed E-state index contributed by atoms with van der Waals surface area (Å²) in [5.41, 5.74) is 1.67. The average molecular weight is 448 g/mol. The fraction of sp³-hybridized carbons (Fsp3) is 0.636. The lowest BCUT2D eigenvalue weighted by Crippen LogP contribution is -2.61. The van der Waals surface area contributed by atoms with Crippen LogP contribution in [0.1, 0.15) is 42.5 Å². The first-order chi connectivity index (χ1) is 14.7. The minimum absolute atomic E-state index is 0.0857. The number of fused-ring (bicyclic) bond motifs is 1. The summed E-state index contributed by atoms with van der Waals surface area (Å²) in [7, 11) is -3.15. The smallest absolute Gasteiger partial charge is 0.251 e. The molecule has 168 valence electrons. The van der Waals surface area contributed by atoms with Crippen molar-refractivity contribution in [3.63, 3.8) is 0 Å². The van der Waals surface area contributed by atoms with Crippen molar-refractivity contribution in [2.45, 2.75) is 50.3 Å². The molecule has 2 aromatic rings. The van der Waals surface area contributed by atoms with Crippen molar-refractivity contribution in [3.8, 4) is 0 Å². The third-order valence-electron chi connectivity index (χ3n) is 7.20. The van der Waals surface area contributed by atoms with Gasteiger partial charge in [0.15, 0.2) is 9.84 Å². The number of hydrogen-bond donors (Lipinski definition) is 2. The zero-order valence-electron chi connectivity index (χ0n) is 17.7. The van der Waals surface area contributed by atoms with E-state index in [1.54, 1.807) is 18.5 Å². The number of aromatic nitrogens is 2. The second-order valence-corrected chi connectivity index (χ2v) is 11.9. The quantitative estimate of drug-likeness (QED) is 0.626. The molecule has 0 radical (unpaired) electrons. The van der Waals surface area contributed by atoms with Gasteiger partial charge in [-0.3, -0.25) is 4.79 Å². The van der Waals surface area contributed by atoms with Crippen LogP contribution in [0, 0.1) is 17.8 Å². The number of nitrogens with one attached hydrogen (secondary N) is 1. The highest BCUT2D eigenvalue weighted by Gasteiger charge is 2.55. The van der Waals surface area contributed by atoms with Crippen molar-refractivity contribution in [1.82, 2.24) is 14.9 Å². The maximum Gasteiger partial charge on any atom is 0.251 e. The Morgan fingerprint density at radius 1 is 1.29 bits per heavy atom. The molecule has 4 bridgehead atoms. The lowest BCUT2D eigenvalue weighted by Gasteiger charge is -2.58. The van der Waals surface area contributed by atoms with Gasteiger partial charge in [0, 0.05) is 24.4 Å². The van der Waals surface area contributed by atoms with Gasteiger partial charge in [-0.05, 0) is 68.1 Å². The molecule has 2 atom stereocenters. The fourth-order valence-electron chi connectivity index (χ4n) is 6.21. The van der Waals surface area contributed by atoms with E-state index in [9.17, 15) is 18.3 Å². The van der Waals surface area contributed by atoms with E-state index in [-0.39, 0.29) is 24.5 Å². The molecule has 8 nitrogen and oxygen atoms in total. The highest BCUT2D eigenvalue weighted by molar-refractivity contribution is 7.90. The highest BCUT2D eigenvalue weighted by atomic mass is 32.2. The summed E-state index contributed by atoms with van der Waals surface area (Å²) < 4.78 is 29.4. The van der Waals surface area contributed by atoms with Crippen molar-refractivity contribution in [3.05, 3.63) is 30.1 Å². The monoisotopic (exact) mass is 447 g/mol. The summed E-state index contributed by atoms with van der Waals surface area (Å²) in [6.45, 7) is 0.742. The van der Waals surface area contributed by atoms with E-state index in [1.807, 2.05) is 10.6 Å². The lowest BCUT2D eigenvalue weighted by atomic mass is 9.52.